The Morgan fingerprint density at radius 3 is 2.56 bits per heavy atom. The Balaban J connectivity index is 1.74. The van der Waals surface area contributed by atoms with Gasteiger partial charge in [-0.2, -0.15) is 17.6 Å². The monoisotopic (exact) mass is 496 g/mol. The van der Waals surface area contributed by atoms with E-state index in [4.69, 9.17) is 5.73 Å². The average molecular weight is 497 g/mol. The van der Waals surface area contributed by atoms with E-state index in [2.05, 4.69) is 10.3 Å². The lowest BCUT2D eigenvalue weighted by Crippen LogP contribution is -2.50. The van der Waals surface area contributed by atoms with E-state index in [1.807, 2.05) is 6.92 Å². The summed E-state index contributed by atoms with van der Waals surface area (Å²) in [5.74, 6) is -8.55. The zero-order valence-corrected chi connectivity index (χ0v) is 19.2. The highest BCUT2D eigenvalue weighted by Gasteiger charge is 2.54. The fourth-order valence-electron chi connectivity index (χ4n) is 3.88. The van der Waals surface area contributed by atoms with Crippen LogP contribution in [0.25, 0.3) is 10.9 Å². The van der Waals surface area contributed by atoms with Gasteiger partial charge in [-0.1, -0.05) is 29.8 Å². The van der Waals surface area contributed by atoms with Gasteiger partial charge in [0.05, 0.1) is 29.3 Å². The van der Waals surface area contributed by atoms with Gasteiger partial charge in [0.25, 0.3) is 0 Å². The number of nitrogens with zero attached hydrogens (tertiary/aromatic N) is 2. The standard InChI is InChI=1S/C23H24F4N4O2S/c1-15-6-7-18-17(10-15)19(29-14-23(26,27)22(24,25)13-28)11-21(30-18)31-8-9-34(32,33)20-5-3-2-4-16(20)12-31/h2-7,10-11H,8-9,12-14,28H2,1H3,(H,29,30). The molecular weight excluding hydrogens is 472 g/mol. The summed E-state index contributed by atoms with van der Waals surface area (Å²) in [4.78, 5) is 6.59. The lowest BCUT2D eigenvalue weighted by atomic mass is 10.1. The molecule has 1 aliphatic rings. The third-order valence-corrected chi connectivity index (χ3v) is 7.65. The number of aromatic nitrogens is 1. The summed E-state index contributed by atoms with van der Waals surface area (Å²) in [5, 5.41) is 2.94. The molecule has 0 bridgehead atoms. The molecule has 3 N–H and O–H groups in total. The highest BCUT2D eigenvalue weighted by molar-refractivity contribution is 7.91. The zero-order valence-electron chi connectivity index (χ0n) is 18.4. The number of sulfone groups is 1. The van der Waals surface area contributed by atoms with Crippen molar-refractivity contribution in [3.63, 3.8) is 0 Å². The highest BCUT2D eigenvalue weighted by atomic mass is 32.2. The first-order valence-electron chi connectivity index (χ1n) is 10.6. The first-order valence-corrected chi connectivity index (χ1v) is 12.3. The van der Waals surface area contributed by atoms with E-state index in [0.717, 1.165) is 5.56 Å². The molecule has 2 aromatic carbocycles. The molecule has 34 heavy (non-hydrogen) atoms. The van der Waals surface area contributed by atoms with Crippen molar-refractivity contribution >= 4 is 32.2 Å². The number of benzene rings is 2. The Hall–Kier alpha value is -2.92. The molecule has 6 nitrogen and oxygen atoms in total. The van der Waals surface area contributed by atoms with Crippen LogP contribution < -0.4 is 16.0 Å². The second kappa shape index (κ2) is 8.70. The van der Waals surface area contributed by atoms with Crippen LogP contribution in [0.4, 0.5) is 29.1 Å². The Bertz CT molecular complexity index is 1330. The Kier molecular flexibility index (Phi) is 6.19. The summed E-state index contributed by atoms with van der Waals surface area (Å²) in [6, 6.07) is 13.4. The number of aryl methyl sites for hydroxylation is 1. The third kappa shape index (κ3) is 4.54. The Morgan fingerprint density at radius 1 is 1.09 bits per heavy atom. The van der Waals surface area contributed by atoms with Crippen LogP contribution in [-0.2, 0) is 16.4 Å². The number of nitrogens with one attached hydrogen (secondary N) is 1. The minimum absolute atomic E-state index is 0.127. The van der Waals surface area contributed by atoms with Crippen LogP contribution in [0.15, 0.2) is 53.4 Å². The van der Waals surface area contributed by atoms with Crippen LogP contribution in [0.2, 0.25) is 0 Å². The van der Waals surface area contributed by atoms with Crippen molar-refractivity contribution < 1.29 is 26.0 Å². The summed E-state index contributed by atoms with van der Waals surface area (Å²) in [6.45, 7) is -0.639. The molecule has 0 radical (unpaired) electrons. The van der Waals surface area contributed by atoms with E-state index in [-0.39, 0.29) is 29.4 Å². The molecule has 1 aromatic heterocycles. The van der Waals surface area contributed by atoms with Crippen molar-refractivity contribution in [2.45, 2.75) is 30.2 Å². The summed E-state index contributed by atoms with van der Waals surface area (Å²) < 4.78 is 81.0. The largest absolute Gasteiger partial charge is 0.378 e. The van der Waals surface area contributed by atoms with Crippen molar-refractivity contribution in [2.24, 2.45) is 5.73 Å². The summed E-state index contributed by atoms with van der Waals surface area (Å²) >= 11 is 0. The van der Waals surface area contributed by atoms with E-state index in [1.54, 1.807) is 47.4 Å². The van der Waals surface area contributed by atoms with Crippen molar-refractivity contribution in [3.8, 4) is 0 Å². The number of nitrogens with two attached hydrogens (primary N) is 1. The number of hydrogen-bond donors (Lipinski definition) is 2. The molecule has 0 aliphatic carbocycles. The quantitative estimate of drug-likeness (QED) is 0.502. The summed E-state index contributed by atoms with van der Waals surface area (Å²) in [6.07, 6.45) is 0. The van der Waals surface area contributed by atoms with Crippen molar-refractivity contribution in [2.75, 3.05) is 35.6 Å². The van der Waals surface area contributed by atoms with Gasteiger partial charge in [0.15, 0.2) is 9.84 Å². The van der Waals surface area contributed by atoms with Crippen LogP contribution in [0.1, 0.15) is 11.1 Å². The summed E-state index contributed by atoms with van der Waals surface area (Å²) in [7, 11) is -3.51. The maximum Gasteiger partial charge on any atom is 0.328 e. The molecule has 0 saturated carbocycles. The van der Waals surface area contributed by atoms with Crippen LogP contribution >= 0.6 is 0 Å². The van der Waals surface area contributed by atoms with Crippen molar-refractivity contribution in [3.05, 3.63) is 59.7 Å². The number of anilines is 2. The molecule has 182 valence electrons. The molecule has 2 heterocycles. The molecule has 1 aliphatic heterocycles. The minimum Gasteiger partial charge on any atom is -0.378 e. The molecule has 11 heteroatoms. The van der Waals surface area contributed by atoms with Gasteiger partial charge in [-0.15, -0.1) is 0 Å². The molecule has 0 amide bonds. The number of rotatable bonds is 6. The molecule has 0 saturated heterocycles. The maximum atomic E-state index is 14.1. The van der Waals surface area contributed by atoms with Crippen LogP contribution in [0, 0.1) is 6.92 Å². The summed E-state index contributed by atoms with van der Waals surface area (Å²) in [5.41, 5.74) is 6.92. The number of pyridine rings is 1. The number of halogens is 4. The van der Waals surface area contributed by atoms with E-state index in [1.165, 1.54) is 6.07 Å². The Morgan fingerprint density at radius 2 is 1.82 bits per heavy atom. The van der Waals surface area contributed by atoms with Gasteiger partial charge in [0, 0.05) is 30.2 Å². The molecule has 0 unspecified atom stereocenters. The molecule has 0 spiro atoms. The average Bonchev–Trinajstić information content (AvgIpc) is 2.93. The van der Waals surface area contributed by atoms with Gasteiger partial charge in [-0.3, -0.25) is 0 Å². The van der Waals surface area contributed by atoms with Gasteiger partial charge in [-0.05, 0) is 30.7 Å². The smallest absolute Gasteiger partial charge is 0.328 e. The molecule has 4 rings (SSSR count). The zero-order chi connectivity index (χ0) is 24.7. The lowest BCUT2D eigenvalue weighted by Gasteiger charge is -2.27. The Labute approximate surface area is 194 Å². The fourth-order valence-corrected chi connectivity index (χ4v) is 5.38. The first kappa shape index (κ1) is 24.2. The SMILES string of the molecule is Cc1ccc2nc(N3CCS(=O)(=O)c4ccccc4C3)cc(NCC(F)(F)C(F)(F)CN)c2c1. The second-order valence-corrected chi connectivity index (χ2v) is 10.4. The second-order valence-electron chi connectivity index (χ2n) is 8.36. The van der Waals surface area contributed by atoms with Crippen LogP contribution in [0.5, 0.6) is 0 Å². The van der Waals surface area contributed by atoms with Gasteiger partial charge >= 0.3 is 11.8 Å². The van der Waals surface area contributed by atoms with Gasteiger partial charge < -0.3 is 16.0 Å². The molecule has 0 fully saturated rings. The minimum atomic E-state index is -4.38. The number of alkyl halides is 4. The molecule has 0 atom stereocenters. The topological polar surface area (TPSA) is 88.3 Å². The normalized spacial score (nSPS) is 16.2. The third-order valence-electron chi connectivity index (χ3n) is 5.87. The van der Waals surface area contributed by atoms with Gasteiger partial charge in [0.1, 0.15) is 5.82 Å². The predicted octanol–water partition coefficient (Wildman–Crippen LogP) is 3.98. The molecule has 3 aromatic rings. The van der Waals surface area contributed by atoms with E-state index < -0.39 is 34.8 Å². The molecular formula is C23H24F4N4O2S. The predicted molar refractivity (Wildman–Crippen MR) is 123 cm³/mol. The van der Waals surface area contributed by atoms with E-state index in [0.29, 0.717) is 22.3 Å². The van der Waals surface area contributed by atoms with Crippen LogP contribution in [0.3, 0.4) is 0 Å². The van der Waals surface area contributed by atoms with E-state index >= 15 is 0 Å². The number of hydrogen-bond acceptors (Lipinski definition) is 6. The lowest BCUT2D eigenvalue weighted by molar-refractivity contribution is -0.193. The van der Waals surface area contributed by atoms with Gasteiger partial charge in [0.2, 0.25) is 0 Å². The van der Waals surface area contributed by atoms with Gasteiger partial charge in [-0.25, -0.2) is 13.4 Å². The first-order chi connectivity index (χ1) is 15.9. The van der Waals surface area contributed by atoms with Crippen LogP contribution in [-0.4, -0.2) is 50.6 Å². The van der Waals surface area contributed by atoms with E-state index in [9.17, 15) is 26.0 Å². The van der Waals surface area contributed by atoms with Crippen molar-refractivity contribution in [1.29, 1.82) is 0 Å². The number of fused-ring (bicyclic) bond motifs is 2. The maximum absolute atomic E-state index is 14.1. The fraction of sp³-hybridized carbons (Fsp3) is 0.348. The highest BCUT2D eigenvalue weighted by Crippen LogP contribution is 2.36. The van der Waals surface area contributed by atoms with Crippen molar-refractivity contribution in [1.82, 2.24) is 4.98 Å².